The molecule has 0 bridgehead atoms. The van der Waals surface area contributed by atoms with Crippen molar-refractivity contribution in [1.82, 2.24) is 10.2 Å². The van der Waals surface area contributed by atoms with Gasteiger partial charge in [-0.3, -0.25) is 4.90 Å². The van der Waals surface area contributed by atoms with Crippen LogP contribution in [0.25, 0.3) is 0 Å². The summed E-state index contributed by atoms with van der Waals surface area (Å²) in [7, 11) is 0. The molecule has 1 saturated carbocycles. The fraction of sp³-hybridized carbons (Fsp3) is 1.00. The highest BCUT2D eigenvalue weighted by Crippen LogP contribution is 2.40. The van der Waals surface area contributed by atoms with Crippen LogP contribution in [0, 0.1) is 11.3 Å². The second kappa shape index (κ2) is 7.64. The Morgan fingerprint density at radius 2 is 1.79 bits per heavy atom. The van der Waals surface area contributed by atoms with Crippen molar-refractivity contribution >= 4 is 0 Å². The Hall–Kier alpha value is -0.0800. The van der Waals surface area contributed by atoms with Gasteiger partial charge in [0.2, 0.25) is 0 Å². The average molecular weight is 268 g/mol. The first-order valence-corrected chi connectivity index (χ1v) is 8.47. The van der Waals surface area contributed by atoms with Crippen LogP contribution < -0.4 is 5.32 Å². The van der Waals surface area contributed by atoms with E-state index in [1.165, 1.54) is 38.8 Å². The molecule has 0 aromatic heterocycles. The van der Waals surface area contributed by atoms with E-state index in [0.717, 1.165) is 18.5 Å². The highest BCUT2D eigenvalue weighted by atomic mass is 15.2. The van der Waals surface area contributed by atoms with E-state index in [2.05, 4.69) is 51.8 Å². The lowest BCUT2D eigenvalue weighted by Crippen LogP contribution is -2.52. The molecule has 0 aromatic rings. The van der Waals surface area contributed by atoms with Gasteiger partial charge in [0.15, 0.2) is 0 Å². The predicted molar refractivity (Wildman–Crippen MR) is 85.6 cm³/mol. The first-order valence-electron chi connectivity index (χ1n) is 8.47. The average Bonchev–Trinajstić information content (AvgIpc) is 2.68. The van der Waals surface area contributed by atoms with Gasteiger partial charge in [0.05, 0.1) is 0 Å². The molecule has 114 valence electrons. The zero-order valence-corrected chi connectivity index (χ0v) is 14.1. The minimum absolute atomic E-state index is 0.446. The molecule has 1 aliphatic carbocycles. The van der Waals surface area contributed by atoms with Crippen LogP contribution in [0.1, 0.15) is 67.2 Å². The highest BCUT2D eigenvalue weighted by molar-refractivity contribution is 5.00. The van der Waals surface area contributed by atoms with Crippen LogP contribution in [0.15, 0.2) is 0 Å². The lowest BCUT2D eigenvalue weighted by atomic mass is 9.86. The Bertz CT molecular complexity index is 246. The topological polar surface area (TPSA) is 15.3 Å². The number of hydrogen-bond donors (Lipinski definition) is 1. The molecule has 0 heterocycles. The van der Waals surface area contributed by atoms with Crippen molar-refractivity contribution in [2.24, 2.45) is 11.3 Å². The van der Waals surface area contributed by atoms with Crippen molar-refractivity contribution in [3.05, 3.63) is 0 Å². The molecule has 0 spiro atoms. The van der Waals surface area contributed by atoms with Crippen molar-refractivity contribution in [1.29, 1.82) is 0 Å². The Labute approximate surface area is 121 Å². The Balaban J connectivity index is 2.73. The Kier molecular flexibility index (Phi) is 6.82. The highest BCUT2D eigenvalue weighted by Gasteiger charge is 2.43. The summed E-state index contributed by atoms with van der Waals surface area (Å²) in [6, 6.07) is 1.40. The standard InChI is InChI=1S/C17H36N2/c1-7-14(8-2)13-19(10-4)15-11-12-17(5,6)16(15)18-9-3/h14-16,18H,7-13H2,1-6H3. The number of likely N-dealkylation sites (N-methyl/N-ethyl adjacent to an activating group) is 2. The van der Waals surface area contributed by atoms with Gasteiger partial charge in [-0.15, -0.1) is 0 Å². The van der Waals surface area contributed by atoms with Gasteiger partial charge in [-0.1, -0.05) is 54.4 Å². The largest absolute Gasteiger partial charge is 0.312 e. The van der Waals surface area contributed by atoms with Crippen LogP contribution in [0.5, 0.6) is 0 Å². The lowest BCUT2D eigenvalue weighted by Gasteiger charge is -2.38. The van der Waals surface area contributed by atoms with Gasteiger partial charge in [-0.25, -0.2) is 0 Å². The van der Waals surface area contributed by atoms with Crippen LogP contribution in [0.4, 0.5) is 0 Å². The molecular weight excluding hydrogens is 232 g/mol. The van der Waals surface area contributed by atoms with E-state index in [1.54, 1.807) is 0 Å². The summed E-state index contributed by atoms with van der Waals surface area (Å²) in [5.41, 5.74) is 0.446. The molecule has 0 aromatic carbocycles. The molecule has 0 amide bonds. The van der Waals surface area contributed by atoms with Crippen molar-refractivity contribution in [3.8, 4) is 0 Å². The van der Waals surface area contributed by atoms with E-state index in [-0.39, 0.29) is 0 Å². The summed E-state index contributed by atoms with van der Waals surface area (Å²) in [5, 5.41) is 3.77. The summed E-state index contributed by atoms with van der Waals surface area (Å²) in [4.78, 5) is 2.75. The van der Waals surface area contributed by atoms with Gasteiger partial charge in [-0.05, 0) is 37.3 Å². The molecule has 2 heteroatoms. The van der Waals surface area contributed by atoms with Crippen LogP contribution >= 0.6 is 0 Å². The molecule has 1 fully saturated rings. The second-order valence-electron chi connectivity index (χ2n) is 6.90. The van der Waals surface area contributed by atoms with Crippen LogP contribution in [-0.2, 0) is 0 Å². The van der Waals surface area contributed by atoms with Gasteiger partial charge in [0, 0.05) is 18.6 Å². The van der Waals surface area contributed by atoms with Crippen molar-refractivity contribution in [2.45, 2.75) is 79.3 Å². The summed E-state index contributed by atoms with van der Waals surface area (Å²) < 4.78 is 0. The van der Waals surface area contributed by atoms with Crippen molar-refractivity contribution in [3.63, 3.8) is 0 Å². The van der Waals surface area contributed by atoms with Crippen molar-refractivity contribution in [2.75, 3.05) is 19.6 Å². The van der Waals surface area contributed by atoms with Gasteiger partial charge in [-0.2, -0.15) is 0 Å². The third kappa shape index (κ3) is 4.19. The minimum Gasteiger partial charge on any atom is -0.312 e. The summed E-state index contributed by atoms with van der Waals surface area (Å²) in [6.45, 7) is 17.7. The number of hydrogen-bond acceptors (Lipinski definition) is 2. The van der Waals surface area contributed by atoms with E-state index >= 15 is 0 Å². The van der Waals surface area contributed by atoms with E-state index in [9.17, 15) is 0 Å². The molecule has 1 N–H and O–H groups in total. The molecular formula is C17H36N2. The van der Waals surface area contributed by atoms with E-state index in [1.807, 2.05) is 0 Å². The molecule has 1 aliphatic rings. The monoisotopic (exact) mass is 268 g/mol. The smallest absolute Gasteiger partial charge is 0.0274 e. The van der Waals surface area contributed by atoms with Crippen LogP contribution in [0.3, 0.4) is 0 Å². The Morgan fingerprint density at radius 3 is 2.26 bits per heavy atom. The van der Waals surface area contributed by atoms with E-state index < -0.39 is 0 Å². The molecule has 2 unspecified atom stereocenters. The zero-order chi connectivity index (χ0) is 14.5. The summed E-state index contributed by atoms with van der Waals surface area (Å²) in [6.07, 6.45) is 5.34. The third-order valence-corrected chi connectivity index (χ3v) is 5.26. The van der Waals surface area contributed by atoms with Gasteiger partial charge < -0.3 is 5.32 Å². The summed E-state index contributed by atoms with van der Waals surface area (Å²) >= 11 is 0. The Morgan fingerprint density at radius 1 is 1.16 bits per heavy atom. The lowest BCUT2D eigenvalue weighted by molar-refractivity contribution is 0.129. The SMILES string of the molecule is CCNC1C(N(CC)CC(CC)CC)CCC1(C)C. The zero-order valence-electron chi connectivity index (χ0n) is 14.1. The molecule has 0 aliphatic heterocycles. The van der Waals surface area contributed by atoms with E-state index in [0.29, 0.717) is 11.5 Å². The van der Waals surface area contributed by atoms with Crippen LogP contribution in [-0.4, -0.2) is 36.6 Å². The first-order chi connectivity index (χ1) is 9.00. The molecule has 0 saturated heterocycles. The number of rotatable bonds is 8. The predicted octanol–water partition coefficient (Wildman–Crippen LogP) is 3.91. The first kappa shape index (κ1) is 17.0. The van der Waals surface area contributed by atoms with Gasteiger partial charge in [0.25, 0.3) is 0 Å². The molecule has 1 rings (SSSR count). The maximum Gasteiger partial charge on any atom is 0.0274 e. The van der Waals surface area contributed by atoms with Crippen LogP contribution in [0.2, 0.25) is 0 Å². The van der Waals surface area contributed by atoms with Gasteiger partial charge >= 0.3 is 0 Å². The van der Waals surface area contributed by atoms with Gasteiger partial charge in [0.1, 0.15) is 0 Å². The molecule has 19 heavy (non-hydrogen) atoms. The molecule has 2 atom stereocenters. The maximum absolute atomic E-state index is 3.77. The second-order valence-corrected chi connectivity index (χ2v) is 6.90. The number of nitrogens with one attached hydrogen (secondary N) is 1. The van der Waals surface area contributed by atoms with Crippen molar-refractivity contribution < 1.29 is 0 Å². The van der Waals surface area contributed by atoms with E-state index in [4.69, 9.17) is 0 Å². The maximum atomic E-state index is 3.77. The summed E-state index contributed by atoms with van der Waals surface area (Å²) in [5.74, 6) is 0.867. The molecule has 2 nitrogen and oxygen atoms in total. The normalized spacial score (nSPS) is 26.5. The molecule has 0 radical (unpaired) electrons. The third-order valence-electron chi connectivity index (χ3n) is 5.26. The fourth-order valence-corrected chi connectivity index (χ4v) is 3.77. The quantitative estimate of drug-likeness (QED) is 0.718. The number of nitrogens with zero attached hydrogens (tertiary/aromatic N) is 1. The minimum atomic E-state index is 0.446. The fourth-order valence-electron chi connectivity index (χ4n) is 3.77.